The van der Waals surface area contributed by atoms with E-state index in [-0.39, 0.29) is 24.7 Å². The zero-order chi connectivity index (χ0) is 24.5. The molecule has 0 fully saturated rings. The molecule has 2 N–H and O–H groups in total. The lowest BCUT2D eigenvalue weighted by molar-refractivity contribution is -0.124. The van der Waals surface area contributed by atoms with E-state index in [1.54, 1.807) is 54.6 Å². The fourth-order valence-electron chi connectivity index (χ4n) is 2.74. The Balaban J connectivity index is 1.44. The number of carbonyl (C=O) groups excluding carboxylic acids is 2. The van der Waals surface area contributed by atoms with Gasteiger partial charge in [0.25, 0.3) is 0 Å². The first-order valence-electron chi connectivity index (χ1n) is 10.0. The van der Waals surface area contributed by atoms with Crippen molar-refractivity contribution >= 4 is 74.4 Å². The minimum atomic E-state index is -0.383. The number of hydrazone groups is 1. The van der Waals surface area contributed by atoms with Crippen LogP contribution in [0.25, 0.3) is 0 Å². The third-order valence-electron chi connectivity index (χ3n) is 4.46. The number of anilines is 1. The largest absolute Gasteiger partial charge is 0.488 e. The Morgan fingerprint density at radius 3 is 2.41 bits per heavy atom. The molecule has 3 rings (SSSR count). The van der Waals surface area contributed by atoms with Crippen molar-refractivity contribution in [2.24, 2.45) is 5.10 Å². The zero-order valence-corrected chi connectivity index (χ0v) is 21.5. The molecule has 0 unspecified atom stereocenters. The number of nitrogens with one attached hydrogen (secondary N) is 2. The van der Waals surface area contributed by atoms with Gasteiger partial charge in [-0.25, -0.2) is 5.43 Å². The Hall–Kier alpha value is -2.58. The summed E-state index contributed by atoms with van der Waals surface area (Å²) >= 11 is 21.4. The quantitative estimate of drug-likeness (QED) is 0.213. The maximum absolute atomic E-state index is 12.0. The molecular formula is C24H19BrCl3N3O3. The molecule has 0 atom stereocenters. The first-order chi connectivity index (χ1) is 16.3. The summed E-state index contributed by atoms with van der Waals surface area (Å²) in [5, 5.41) is 7.99. The molecule has 0 spiro atoms. The summed E-state index contributed by atoms with van der Waals surface area (Å²) in [4.78, 5) is 24.0. The van der Waals surface area contributed by atoms with Crippen LogP contribution in [0.2, 0.25) is 15.1 Å². The van der Waals surface area contributed by atoms with E-state index in [0.29, 0.717) is 33.1 Å². The van der Waals surface area contributed by atoms with Crippen molar-refractivity contribution in [2.45, 2.75) is 19.4 Å². The molecule has 0 aliphatic rings. The molecule has 0 bridgehead atoms. The molecule has 0 saturated heterocycles. The predicted molar refractivity (Wildman–Crippen MR) is 140 cm³/mol. The molecule has 176 valence electrons. The lowest BCUT2D eigenvalue weighted by Gasteiger charge is -2.09. The zero-order valence-electron chi connectivity index (χ0n) is 17.7. The van der Waals surface area contributed by atoms with Gasteiger partial charge in [-0.05, 0) is 69.5 Å². The van der Waals surface area contributed by atoms with Crippen LogP contribution in [0.5, 0.6) is 5.75 Å². The Bertz CT molecular complexity index is 1220. The number of carbonyl (C=O) groups is 2. The summed E-state index contributed by atoms with van der Waals surface area (Å²) < 4.78 is 6.53. The van der Waals surface area contributed by atoms with Gasteiger partial charge in [0.15, 0.2) is 0 Å². The molecule has 34 heavy (non-hydrogen) atoms. The van der Waals surface area contributed by atoms with E-state index in [4.69, 9.17) is 39.5 Å². The lowest BCUT2D eigenvalue weighted by atomic mass is 10.2. The summed E-state index contributed by atoms with van der Waals surface area (Å²) in [6, 6.07) is 17.6. The normalized spacial score (nSPS) is 10.8. The summed E-state index contributed by atoms with van der Waals surface area (Å²) in [6.07, 6.45) is 1.48. The van der Waals surface area contributed by atoms with Gasteiger partial charge in [-0.3, -0.25) is 9.59 Å². The van der Waals surface area contributed by atoms with E-state index in [0.717, 1.165) is 15.6 Å². The third-order valence-corrected chi connectivity index (χ3v) is 6.15. The van der Waals surface area contributed by atoms with Gasteiger partial charge in [-0.2, -0.15) is 5.10 Å². The van der Waals surface area contributed by atoms with Crippen LogP contribution in [0, 0.1) is 0 Å². The van der Waals surface area contributed by atoms with Crippen LogP contribution in [0.4, 0.5) is 5.69 Å². The number of halogens is 4. The molecule has 3 aromatic rings. The lowest BCUT2D eigenvalue weighted by Crippen LogP contribution is -2.20. The highest BCUT2D eigenvalue weighted by Gasteiger charge is 2.09. The Morgan fingerprint density at radius 1 is 0.912 bits per heavy atom. The van der Waals surface area contributed by atoms with Gasteiger partial charge >= 0.3 is 0 Å². The Kier molecular flexibility index (Phi) is 9.77. The summed E-state index contributed by atoms with van der Waals surface area (Å²) in [6.45, 7) is 0.322. The van der Waals surface area contributed by atoms with Crippen LogP contribution in [0.1, 0.15) is 24.0 Å². The number of benzene rings is 3. The maximum atomic E-state index is 12.0. The van der Waals surface area contributed by atoms with Crippen LogP contribution < -0.4 is 15.5 Å². The third kappa shape index (κ3) is 8.02. The number of para-hydroxylation sites is 1. The number of hydrogen-bond acceptors (Lipinski definition) is 4. The Labute approximate surface area is 220 Å². The molecule has 0 aliphatic heterocycles. The minimum absolute atomic E-state index is 0.00297. The highest BCUT2D eigenvalue weighted by atomic mass is 79.9. The van der Waals surface area contributed by atoms with Gasteiger partial charge in [-0.1, -0.05) is 53.0 Å². The first kappa shape index (κ1) is 26.0. The van der Waals surface area contributed by atoms with Crippen LogP contribution >= 0.6 is 50.7 Å². The van der Waals surface area contributed by atoms with Gasteiger partial charge in [0, 0.05) is 12.8 Å². The summed E-state index contributed by atoms with van der Waals surface area (Å²) in [5.74, 6) is -0.0596. The van der Waals surface area contributed by atoms with Gasteiger partial charge in [0.1, 0.15) is 12.4 Å². The van der Waals surface area contributed by atoms with E-state index in [1.165, 1.54) is 6.21 Å². The molecular weight excluding hydrogens is 565 g/mol. The molecule has 0 saturated carbocycles. The first-order valence-corrected chi connectivity index (χ1v) is 12.0. The van der Waals surface area contributed by atoms with Gasteiger partial charge in [-0.15, -0.1) is 0 Å². The van der Waals surface area contributed by atoms with Crippen LogP contribution in [-0.2, 0) is 16.2 Å². The van der Waals surface area contributed by atoms with E-state index < -0.39 is 0 Å². The smallest absolute Gasteiger partial charge is 0.240 e. The van der Waals surface area contributed by atoms with Crippen molar-refractivity contribution in [3.63, 3.8) is 0 Å². The molecule has 0 aromatic heterocycles. The number of ether oxygens (including phenoxy) is 1. The van der Waals surface area contributed by atoms with Crippen molar-refractivity contribution < 1.29 is 14.3 Å². The molecule has 10 heteroatoms. The minimum Gasteiger partial charge on any atom is -0.488 e. The summed E-state index contributed by atoms with van der Waals surface area (Å²) in [5.41, 5.74) is 4.53. The maximum Gasteiger partial charge on any atom is 0.240 e. The van der Waals surface area contributed by atoms with E-state index >= 15 is 0 Å². The number of rotatable bonds is 9. The van der Waals surface area contributed by atoms with Crippen molar-refractivity contribution in [3.05, 3.63) is 91.3 Å². The average molecular weight is 584 g/mol. The van der Waals surface area contributed by atoms with Crippen molar-refractivity contribution in [1.82, 2.24) is 5.43 Å². The fraction of sp³-hybridized carbons (Fsp3) is 0.125. The molecule has 0 radical (unpaired) electrons. The second-order valence-corrected chi connectivity index (χ2v) is 9.12. The molecule has 6 nitrogen and oxygen atoms in total. The Morgan fingerprint density at radius 2 is 1.68 bits per heavy atom. The molecule has 0 heterocycles. The average Bonchev–Trinajstić information content (AvgIpc) is 2.81. The van der Waals surface area contributed by atoms with Crippen LogP contribution in [-0.4, -0.2) is 18.0 Å². The van der Waals surface area contributed by atoms with Crippen LogP contribution in [0.15, 0.2) is 70.2 Å². The number of hydrogen-bond donors (Lipinski definition) is 2. The highest BCUT2D eigenvalue weighted by Crippen LogP contribution is 2.28. The SMILES string of the molecule is O=C(CCC(=O)Nc1ccccc1Cl)NN=Cc1ccc(OCc2ccc(Cl)c(Cl)c2)c(Br)c1. The van der Waals surface area contributed by atoms with Crippen molar-refractivity contribution in [3.8, 4) is 5.75 Å². The van der Waals surface area contributed by atoms with Crippen molar-refractivity contribution in [1.29, 1.82) is 0 Å². The van der Waals surface area contributed by atoms with Gasteiger partial charge < -0.3 is 10.1 Å². The topological polar surface area (TPSA) is 79.8 Å². The second-order valence-electron chi connectivity index (χ2n) is 7.05. The predicted octanol–water partition coefficient (Wildman–Crippen LogP) is 6.86. The number of nitrogens with zero attached hydrogens (tertiary/aromatic N) is 1. The van der Waals surface area contributed by atoms with Gasteiger partial charge in [0.2, 0.25) is 11.8 Å². The molecule has 2 amide bonds. The highest BCUT2D eigenvalue weighted by molar-refractivity contribution is 9.10. The second kappa shape index (κ2) is 12.8. The van der Waals surface area contributed by atoms with E-state index in [9.17, 15) is 9.59 Å². The van der Waals surface area contributed by atoms with Crippen molar-refractivity contribution in [2.75, 3.05) is 5.32 Å². The summed E-state index contributed by atoms with van der Waals surface area (Å²) in [7, 11) is 0. The fourth-order valence-corrected chi connectivity index (χ4v) is 3.76. The molecule has 0 aliphatic carbocycles. The van der Waals surface area contributed by atoms with E-state index in [1.807, 2.05) is 6.07 Å². The van der Waals surface area contributed by atoms with Gasteiger partial charge in [0.05, 0.1) is 31.4 Å². The number of amides is 2. The monoisotopic (exact) mass is 581 g/mol. The molecule has 3 aromatic carbocycles. The van der Waals surface area contributed by atoms with E-state index in [2.05, 4.69) is 31.8 Å². The van der Waals surface area contributed by atoms with Crippen LogP contribution in [0.3, 0.4) is 0 Å². The standard InChI is InChI=1S/C24H19BrCl3N3O3/c25-17-11-15(6-8-22(17)34-14-16-5-7-18(26)20(28)12-16)13-29-31-24(33)10-9-23(32)30-21-4-2-1-3-19(21)27/h1-8,11-13H,9-10,14H2,(H,30,32)(H,31,33).